The van der Waals surface area contributed by atoms with Crippen molar-refractivity contribution >= 4 is 30.8 Å². The molecule has 0 spiro atoms. The highest BCUT2D eigenvalue weighted by Crippen LogP contribution is 2.16. The molecule has 2 aromatic carbocycles. The summed E-state index contributed by atoms with van der Waals surface area (Å²) in [6.45, 7) is 6.48. The van der Waals surface area contributed by atoms with Crippen LogP contribution in [0.15, 0.2) is 71.1 Å². The van der Waals surface area contributed by atoms with Crippen molar-refractivity contribution in [3.8, 4) is 0 Å². The van der Waals surface area contributed by atoms with Crippen LogP contribution in [0.3, 0.4) is 0 Å². The molecule has 1 heterocycles. The van der Waals surface area contributed by atoms with Crippen molar-refractivity contribution in [2.24, 2.45) is 0 Å². The lowest BCUT2D eigenvalue weighted by molar-refractivity contribution is 0.0995. The van der Waals surface area contributed by atoms with E-state index in [1.54, 1.807) is 42.5 Å². The molecule has 26 heavy (non-hydrogen) atoms. The number of nitrogens with one attached hydrogen (secondary N) is 1. The van der Waals surface area contributed by atoms with Gasteiger partial charge in [-0.25, -0.2) is 0 Å². The first-order valence-electron chi connectivity index (χ1n) is 8.46. The minimum absolute atomic E-state index is 0.0827. The van der Waals surface area contributed by atoms with Crippen LogP contribution in [-0.4, -0.2) is 19.8 Å². The average Bonchev–Trinajstić information content (AvgIpc) is 3.13. The maximum atomic E-state index is 12.5. The van der Waals surface area contributed by atoms with E-state index in [9.17, 15) is 9.59 Å². The largest absolute Gasteiger partial charge is 0.461 e. The van der Waals surface area contributed by atoms with Gasteiger partial charge in [0.2, 0.25) is 0 Å². The zero-order valence-electron chi connectivity index (χ0n) is 15.1. The monoisotopic (exact) mass is 363 g/mol. The molecular weight excluding hydrogens is 342 g/mol. The fourth-order valence-electron chi connectivity index (χ4n) is 2.55. The van der Waals surface area contributed by atoms with Gasteiger partial charge in [-0.2, -0.15) is 0 Å². The number of ketones is 1. The highest BCUT2D eigenvalue weighted by molar-refractivity contribution is 6.87. The van der Waals surface area contributed by atoms with Gasteiger partial charge in [0.1, 0.15) is 8.07 Å². The van der Waals surface area contributed by atoms with Gasteiger partial charge in [0.05, 0.1) is 5.38 Å². The summed E-state index contributed by atoms with van der Waals surface area (Å²) in [5.74, 6) is -0.123. The Morgan fingerprint density at radius 1 is 0.846 bits per heavy atom. The number of hydrogen-bond donors (Lipinski definition) is 1. The number of furan rings is 1. The van der Waals surface area contributed by atoms with Gasteiger partial charge in [-0.1, -0.05) is 62.1 Å². The number of carbonyl (C=O) groups excluding carboxylic acids is 2. The van der Waals surface area contributed by atoms with E-state index in [0.29, 0.717) is 16.8 Å². The van der Waals surface area contributed by atoms with E-state index in [2.05, 4.69) is 25.0 Å². The molecule has 0 bridgehead atoms. The molecule has 1 aromatic heterocycles. The number of rotatable bonds is 5. The number of amides is 1. The molecule has 0 unspecified atom stereocenters. The van der Waals surface area contributed by atoms with Gasteiger partial charge < -0.3 is 9.73 Å². The maximum absolute atomic E-state index is 12.5. The van der Waals surface area contributed by atoms with E-state index < -0.39 is 8.07 Å². The van der Waals surface area contributed by atoms with Crippen molar-refractivity contribution < 1.29 is 14.0 Å². The predicted molar refractivity (Wildman–Crippen MR) is 106 cm³/mol. The molecule has 0 aliphatic heterocycles. The van der Waals surface area contributed by atoms with E-state index in [1.165, 1.54) is 0 Å². The van der Waals surface area contributed by atoms with Gasteiger partial charge in [0.15, 0.2) is 11.5 Å². The Hall–Kier alpha value is -2.92. The van der Waals surface area contributed by atoms with Gasteiger partial charge in [-0.3, -0.25) is 9.59 Å². The van der Waals surface area contributed by atoms with E-state index in [4.69, 9.17) is 4.42 Å². The fourth-order valence-corrected chi connectivity index (χ4v) is 3.55. The van der Waals surface area contributed by atoms with Crippen LogP contribution in [0.5, 0.6) is 0 Å². The van der Waals surface area contributed by atoms with Crippen molar-refractivity contribution in [1.82, 2.24) is 0 Å². The first-order chi connectivity index (χ1) is 12.3. The Morgan fingerprint density at radius 3 is 2.19 bits per heavy atom. The predicted octanol–water partition coefficient (Wildman–Crippen LogP) is 4.31. The lowest BCUT2D eigenvalue weighted by Gasteiger charge is -2.11. The number of carbonyl (C=O) groups is 2. The van der Waals surface area contributed by atoms with Crippen molar-refractivity contribution in [3.63, 3.8) is 0 Å². The third kappa shape index (κ3) is 4.00. The lowest BCUT2D eigenvalue weighted by Crippen LogP contribution is -2.36. The van der Waals surface area contributed by atoms with E-state index in [1.807, 2.05) is 24.3 Å². The molecular formula is C21H21NO3Si. The Morgan fingerprint density at radius 2 is 1.54 bits per heavy atom. The Balaban J connectivity index is 1.77. The van der Waals surface area contributed by atoms with Crippen LogP contribution in [0.4, 0.5) is 5.69 Å². The summed E-state index contributed by atoms with van der Waals surface area (Å²) in [5.41, 5.74) is 1.70. The van der Waals surface area contributed by atoms with Crippen molar-refractivity contribution in [1.29, 1.82) is 0 Å². The number of anilines is 1. The molecule has 1 amide bonds. The van der Waals surface area contributed by atoms with Gasteiger partial charge in [0, 0.05) is 16.8 Å². The summed E-state index contributed by atoms with van der Waals surface area (Å²) in [7, 11) is -1.60. The summed E-state index contributed by atoms with van der Waals surface area (Å²) < 4.78 is 5.71. The third-order valence-corrected chi connectivity index (χ3v) is 5.73. The molecule has 0 aliphatic carbocycles. The highest BCUT2D eigenvalue weighted by Gasteiger charge is 2.22. The van der Waals surface area contributed by atoms with Crippen molar-refractivity contribution in [2.75, 3.05) is 5.32 Å². The fraction of sp³-hybridized carbons (Fsp3) is 0.143. The smallest absolute Gasteiger partial charge is 0.291 e. The molecule has 0 saturated carbocycles. The molecule has 5 heteroatoms. The number of benzene rings is 2. The topological polar surface area (TPSA) is 59.3 Å². The van der Waals surface area contributed by atoms with Gasteiger partial charge in [-0.05, 0) is 24.3 Å². The minimum Gasteiger partial charge on any atom is -0.461 e. The molecule has 0 atom stereocenters. The Bertz CT molecular complexity index is 939. The van der Waals surface area contributed by atoms with Gasteiger partial charge in [0.25, 0.3) is 5.91 Å². The van der Waals surface area contributed by atoms with Crippen LogP contribution >= 0.6 is 0 Å². The Labute approximate surface area is 153 Å². The van der Waals surface area contributed by atoms with Crippen LogP contribution < -0.4 is 10.7 Å². The zero-order chi connectivity index (χ0) is 18.7. The normalized spacial score (nSPS) is 11.2. The van der Waals surface area contributed by atoms with Crippen LogP contribution in [-0.2, 0) is 0 Å². The van der Waals surface area contributed by atoms with Crippen molar-refractivity contribution in [3.05, 3.63) is 83.6 Å². The van der Waals surface area contributed by atoms with Crippen LogP contribution in [0.2, 0.25) is 19.6 Å². The van der Waals surface area contributed by atoms with Gasteiger partial charge >= 0.3 is 0 Å². The molecule has 0 fully saturated rings. The first-order valence-corrected chi connectivity index (χ1v) is 12.0. The second kappa shape index (κ2) is 7.13. The third-order valence-electron chi connectivity index (χ3n) is 3.99. The number of hydrogen-bond acceptors (Lipinski definition) is 3. The molecule has 4 nitrogen and oxygen atoms in total. The standard InChI is InChI=1S/C21H21NO3Si/c1-26(2,3)19-13-12-18(25-19)21(24)22-17-11-7-10-16(14-17)20(23)15-8-5-4-6-9-15/h4-14H,1-3H3,(H,22,24). The lowest BCUT2D eigenvalue weighted by atomic mass is 10.0. The molecule has 0 radical (unpaired) electrons. The molecule has 0 aliphatic rings. The summed E-state index contributed by atoms with van der Waals surface area (Å²) in [4.78, 5) is 25.0. The summed E-state index contributed by atoms with van der Waals surface area (Å²) in [6.07, 6.45) is 0. The summed E-state index contributed by atoms with van der Waals surface area (Å²) in [6, 6.07) is 19.5. The molecule has 3 rings (SSSR count). The van der Waals surface area contributed by atoms with Crippen LogP contribution in [0.25, 0.3) is 0 Å². The van der Waals surface area contributed by atoms with E-state index in [0.717, 1.165) is 5.38 Å². The highest BCUT2D eigenvalue weighted by atomic mass is 28.3. The molecule has 1 N–H and O–H groups in total. The quantitative estimate of drug-likeness (QED) is 0.543. The van der Waals surface area contributed by atoms with Gasteiger partial charge in [-0.15, -0.1) is 0 Å². The SMILES string of the molecule is C[Si](C)(C)c1ccc(C(=O)Nc2cccc(C(=O)c3ccccc3)c2)o1. The zero-order valence-corrected chi connectivity index (χ0v) is 16.1. The molecule has 132 valence electrons. The van der Waals surface area contributed by atoms with Crippen LogP contribution in [0, 0.1) is 0 Å². The second-order valence-electron chi connectivity index (χ2n) is 7.14. The second-order valence-corrected chi connectivity index (χ2v) is 12.1. The summed E-state index contributed by atoms with van der Waals surface area (Å²) >= 11 is 0. The van der Waals surface area contributed by atoms with E-state index in [-0.39, 0.29) is 17.5 Å². The molecule has 0 saturated heterocycles. The van der Waals surface area contributed by atoms with Crippen LogP contribution in [0.1, 0.15) is 26.5 Å². The molecule has 3 aromatic rings. The van der Waals surface area contributed by atoms with Crippen molar-refractivity contribution in [2.45, 2.75) is 19.6 Å². The maximum Gasteiger partial charge on any atom is 0.291 e. The Kier molecular flexibility index (Phi) is 4.91. The first kappa shape index (κ1) is 17.9. The summed E-state index contributed by atoms with van der Waals surface area (Å²) in [5, 5.41) is 3.69. The average molecular weight is 363 g/mol. The minimum atomic E-state index is -1.60. The van der Waals surface area contributed by atoms with E-state index >= 15 is 0 Å².